The van der Waals surface area contributed by atoms with Gasteiger partial charge >= 0.3 is 0 Å². The van der Waals surface area contributed by atoms with E-state index in [0.717, 1.165) is 25.8 Å². The van der Waals surface area contributed by atoms with Crippen molar-refractivity contribution >= 4 is 0 Å². The van der Waals surface area contributed by atoms with Crippen LogP contribution in [0.4, 0.5) is 0 Å². The number of benzene rings is 1. The molecule has 0 saturated carbocycles. The molecule has 4 heteroatoms. The molecular formula is C14H21N3O. The van der Waals surface area contributed by atoms with Gasteiger partial charge in [0.25, 0.3) is 0 Å². The standard InChI is InChI=1S/C12H15N3O.C2H6/c16-12-6-4-11(5-7-12)3-1-2-9-15-10-8-13-14-15;1-2/h4-8,10,16H,1-3,9H2;1-2H3. The summed E-state index contributed by atoms with van der Waals surface area (Å²) in [6.07, 6.45) is 6.81. The second-order valence-electron chi connectivity index (χ2n) is 3.79. The van der Waals surface area contributed by atoms with E-state index in [-0.39, 0.29) is 0 Å². The third-order valence-electron chi connectivity index (χ3n) is 2.51. The van der Waals surface area contributed by atoms with Gasteiger partial charge in [0.1, 0.15) is 5.75 Å². The molecule has 0 spiro atoms. The molecule has 1 aromatic heterocycles. The third kappa shape index (κ3) is 4.99. The monoisotopic (exact) mass is 247 g/mol. The third-order valence-corrected chi connectivity index (χ3v) is 2.51. The molecule has 2 rings (SSSR count). The van der Waals surface area contributed by atoms with E-state index in [4.69, 9.17) is 5.11 Å². The molecule has 0 aliphatic rings. The van der Waals surface area contributed by atoms with Crippen LogP contribution in [0, 0.1) is 0 Å². The van der Waals surface area contributed by atoms with E-state index in [0.29, 0.717) is 5.75 Å². The summed E-state index contributed by atoms with van der Waals surface area (Å²) >= 11 is 0. The lowest BCUT2D eigenvalue weighted by Gasteiger charge is -2.02. The molecule has 0 amide bonds. The summed E-state index contributed by atoms with van der Waals surface area (Å²) in [7, 11) is 0. The van der Waals surface area contributed by atoms with Gasteiger partial charge in [0.2, 0.25) is 0 Å². The van der Waals surface area contributed by atoms with Crippen LogP contribution in [-0.2, 0) is 13.0 Å². The van der Waals surface area contributed by atoms with E-state index in [1.165, 1.54) is 5.56 Å². The molecule has 1 heterocycles. The summed E-state index contributed by atoms with van der Waals surface area (Å²) in [6, 6.07) is 7.38. The fraction of sp³-hybridized carbons (Fsp3) is 0.429. The highest BCUT2D eigenvalue weighted by Crippen LogP contribution is 2.11. The SMILES string of the molecule is CC.Oc1ccc(CCCCn2ccnn2)cc1. The van der Waals surface area contributed by atoms with Crippen LogP contribution in [0.25, 0.3) is 0 Å². The zero-order chi connectivity index (χ0) is 13.2. The maximum absolute atomic E-state index is 9.13. The number of rotatable bonds is 5. The van der Waals surface area contributed by atoms with E-state index >= 15 is 0 Å². The summed E-state index contributed by atoms with van der Waals surface area (Å²) in [5.41, 5.74) is 1.26. The Balaban J connectivity index is 0.000000771. The highest BCUT2D eigenvalue weighted by Gasteiger charge is 1.95. The highest BCUT2D eigenvalue weighted by molar-refractivity contribution is 5.25. The number of nitrogens with zero attached hydrogens (tertiary/aromatic N) is 3. The molecule has 0 fully saturated rings. The largest absolute Gasteiger partial charge is 0.508 e. The Morgan fingerprint density at radius 1 is 1.11 bits per heavy atom. The molecule has 18 heavy (non-hydrogen) atoms. The molecule has 98 valence electrons. The van der Waals surface area contributed by atoms with Gasteiger partial charge in [-0.3, -0.25) is 4.68 Å². The van der Waals surface area contributed by atoms with E-state index in [2.05, 4.69) is 10.3 Å². The van der Waals surface area contributed by atoms with Gasteiger partial charge in [-0.25, -0.2) is 0 Å². The maximum Gasteiger partial charge on any atom is 0.115 e. The molecule has 1 aromatic carbocycles. The summed E-state index contributed by atoms with van der Waals surface area (Å²) in [6.45, 7) is 4.91. The van der Waals surface area contributed by atoms with E-state index in [1.54, 1.807) is 18.3 Å². The van der Waals surface area contributed by atoms with Gasteiger partial charge in [0.15, 0.2) is 0 Å². The van der Waals surface area contributed by atoms with Crippen LogP contribution in [-0.4, -0.2) is 20.1 Å². The number of unbranched alkanes of at least 4 members (excludes halogenated alkanes) is 1. The van der Waals surface area contributed by atoms with Crippen molar-refractivity contribution in [3.63, 3.8) is 0 Å². The number of phenols is 1. The molecule has 0 aliphatic heterocycles. The van der Waals surface area contributed by atoms with Crippen molar-refractivity contribution < 1.29 is 5.11 Å². The lowest BCUT2D eigenvalue weighted by atomic mass is 10.1. The first kappa shape index (κ1) is 14.2. The Bertz CT molecular complexity index is 409. The second kappa shape index (κ2) is 8.28. The minimum absolute atomic E-state index is 0.325. The molecule has 1 N–H and O–H groups in total. The summed E-state index contributed by atoms with van der Waals surface area (Å²) in [5, 5.41) is 16.8. The minimum Gasteiger partial charge on any atom is -0.508 e. The number of hydrogen-bond donors (Lipinski definition) is 1. The molecule has 0 atom stereocenters. The fourth-order valence-corrected chi connectivity index (χ4v) is 1.62. The van der Waals surface area contributed by atoms with Crippen LogP contribution in [0.15, 0.2) is 36.7 Å². The number of aromatic nitrogens is 3. The first-order chi connectivity index (χ1) is 8.84. The minimum atomic E-state index is 0.325. The lowest BCUT2D eigenvalue weighted by molar-refractivity contribution is 0.475. The van der Waals surface area contributed by atoms with E-state index in [1.807, 2.05) is 36.9 Å². The van der Waals surface area contributed by atoms with E-state index < -0.39 is 0 Å². The van der Waals surface area contributed by atoms with Gasteiger partial charge in [-0.1, -0.05) is 31.2 Å². The Morgan fingerprint density at radius 2 is 1.83 bits per heavy atom. The first-order valence-electron chi connectivity index (χ1n) is 6.46. The van der Waals surface area contributed by atoms with Gasteiger partial charge in [-0.2, -0.15) is 0 Å². The second-order valence-corrected chi connectivity index (χ2v) is 3.79. The van der Waals surface area contributed by atoms with Crippen molar-refractivity contribution in [1.29, 1.82) is 0 Å². The number of aryl methyl sites for hydroxylation is 2. The highest BCUT2D eigenvalue weighted by atomic mass is 16.3. The quantitative estimate of drug-likeness (QED) is 0.826. The van der Waals surface area contributed by atoms with Gasteiger partial charge in [0.05, 0.1) is 6.20 Å². The van der Waals surface area contributed by atoms with Gasteiger partial charge in [0, 0.05) is 12.7 Å². The number of aromatic hydroxyl groups is 1. The Hall–Kier alpha value is -1.84. The summed E-state index contributed by atoms with van der Waals surface area (Å²) < 4.78 is 1.84. The predicted molar refractivity (Wildman–Crippen MR) is 72.4 cm³/mol. The Labute approximate surface area is 108 Å². The van der Waals surface area contributed by atoms with Gasteiger partial charge in [-0.05, 0) is 37.0 Å². The van der Waals surface area contributed by atoms with Crippen LogP contribution in [0.1, 0.15) is 32.3 Å². The van der Waals surface area contributed by atoms with Crippen LogP contribution in [0.5, 0.6) is 5.75 Å². The summed E-state index contributed by atoms with van der Waals surface area (Å²) in [4.78, 5) is 0. The average molecular weight is 247 g/mol. The Morgan fingerprint density at radius 3 is 2.44 bits per heavy atom. The molecule has 0 bridgehead atoms. The van der Waals surface area contributed by atoms with E-state index in [9.17, 15) is 0 Å². The molecule has 0 aliphatic carbocycles. The maximum atomic E-state index is 9.13. The average Bonchev–Trinajstić information content (AvgIpc) is 2.92. The molecular weight excluding hydrogens is 226 g/mol. The Kier molecular flexibility index (Phi) is 6.54. The normalized spacial score (nSPS) is 9.67. The lowest BCUT2D eigenvalue weighted by Crippen LogP contribution is -1.99. The molecule has 0 saturated heterocycles. The molecule has 0 radical (unpaired) electrons. The number of hydrogen-bond acceptors (Lipinski definition) is 3. The summed E-state index contributed by atoms with van der Waals surface area (Å²) in [5.74, 6) is 0.325. The first-order valence-corrected chi connectivity index (χ1v) is 6.46. The van der Waals surface area contributed by atoms with Gasteiger partial charge in [-0.15, -0.1) is 5.10 Å². The van der Waals surface area contributed by atoms with Crippen molar-refractivity contribution in [2.45, 2.75) is 39.7 Å². The smallest absolute Gasteiger partial charge is 0.115 e. The zero-order valence-corrected chi connectivity index (χ0v) is 11.1. The van der Waals surface area contributed by atoms with Crippen molar-refractivity contribution in [2.24, 2.45) is 0 Å². The van der Waals surface area contributed by atoms with Crippen molar-refractivity contribution in [3.05, 3.63) is 42.2 Å². The zero-order valence-electron chi connectivity index (χ0n) is 11.1. The van der Waals surface area contributed by atoms with Crippen LogP contribution >= 0.6 is 0 Å². The van der Waals surface area contributed by atoms with Gasteiger partial charge < -0.3 is 5.11 Å². The van der Waals surface area contributed by atoms with Crippen molar-refractivity contribution in [1.82, 2.24) is 15.0 Å². The fourth-order valence-electron chi connectivity index (χ4n) is 1.62. The topological polar surface area (TPSA) is 50.9 Å². The van der Waals surface area contributed by atoms with Crippen molar-refractivity contribution in [2.75, 3.05) is 0 Å². The van der Waals surface area contributed by atoms with Crippen LogP contribution in [0.3, 0.4) is 0 Å². The van der Waals surface area contributed by atoms with Crippen molar-refractivity contribution in [3.8, 4) is 5.75 Å². The molecule has 4 nitrogen and oxygen atoms in total. The predicted octanol–water partition coefficient (Wildman–Crippen LogP) is 3.03. The van der Waals surface area contributed by atoms with Crippen LogP contribution < -0.4 is 0 Å². The number of phenolic OH excluding ortho intramolecular Hbond substituents is 1. The molecule has 0 unspecified atom stereocenters. The van der Waals surface area contributed by atoms with Crippen LogP contribution in [0.2, 0.25) is 0 Å². The molecule has 2 aromatic rings.